The lowest BCUT2D eigenvalue weighted by Crippen LogP contribution is -1.82. The Labute approximate surface area is 81.2 Å². The van der Waals surface area contributed by atoms with Gasteiger partial charge in [0.15, 0.2) is 11.5 Å². The quantitative estimate of drug-likeness (QED) is 0.678. The van der Waals surface area contributed by atoms with Crippen LogP contribution < -0.4 is 4.74 Å². The molecule has 0 heterocycles. The second-order valence-electron chi connectivity index (χ2n) is 3.05. The molecule has 0 aliphatic heterocycles. The maximum Gasteiger partial charge on any atom is 0.158 e. The van der Waals surface area contributed by atoms with Gasteiger partial charge in [0.05, 0.1) is 7.11 Å². The average Bonchev–Trinajstić information content (AvgIpc) is 2.19. The molecule has 0 bridgehead atoms. The van der Waals surface area contributed by atoms with Gasteiger partial charge in [0.1, 0.15) is 5.75 Å². The third-order valence-electron chi connectivity index (χ3n) is 2.14. The third-order valence-corrected chi connectivity index (χ3v) is 2.14. The highest BCUT2D eigenvalue weighted by atomic mass is 16.5. The summed E-state index contributed by atoms with van der Waals surface area (Å²) in [6, 6.07) is 8.46. The van der Waals surface area contributed by atoms with Crippen LogP contribution in [0, 0.1) is 0 Å². The summed E-state index contributed by atoms with van der Waals surface area (Å²) in [5.74, 6) is 0.496. The smallest absolute Gasteiger partial charge is 0.158 e. The number of hydrogen-bond acceptors (Lipinski definition) is 3. The van der Waals surface area contributed by atoms with E-state index in [1.807, 2.05) is 6.07 Å². The lowest BCUT2D eigenvalue weighted by atomic mass is 10.1. The van der Waals surface area contributed by atoms with Crippen LogP contribution in [-0.4, -0.2) is 17.3 Å². The molecule has 0 atom stereocenters. The molecule has 0 radical (unpaired) electrons. The normalized spacial score (nSPS) is 10.4. The fraction of sp³-hybridized carbons (Fsp3) is 0.0909. The van der Waals surface area contributed by atoms with Crippen LogP contribution >= 0.6 is 0 Å². The summed E-state index contributed by atoms with van der Waals surface area (Å²) >= 11 is 0. The van der Waals surface area contributed by atoms with Gasteiger partial charge in [-0.1, -0.05) is 6.07 Å². The Balaban J connectivity index is 2.70. The highest BCUT2D eigenvalue weighted by Crippen LogP contribution is 2.31. The zero-order chi connectivity index (χ0) is 10.1. The molecule has 2 aromatic rings. The molecule has 0 fully saturated rings. The molecular weight excluding hydrogens is 180 g/mol. The second-order valence-corrected chi connectivity index (χ2v) is 3.05. The molecule has 0 amide bonds. The molecule has 0 saturated heterocycles. The minimum atomic E-state index is -0.120. The molecule has 2 N–H and O–H groups in total. The number of aromatic hydroxyl groups is 2. The molecule has 72 valence electrons. The largest absolute Gasteiger partial charge is 0.504 e. The molecule has 3 heteroatoms. The zero-order valence-corrected chi connectivity index (χ0v) is 7.69. The van der Waals surface area contributed by atoms with Crippen LogP contribution in [0.3, 0.4) is 0 Å². The fourth-order valence-electron chi connectivity index (χ4n) is 1.38. The van der Waals surface area contributed by atoms with Crippen LogP contribution in [0.2, 0.25) is 0 Å². The minimum absolute atomic E-state index is 0.109. The van der Waals surface area contributed by atoms with E-state index < -0.39 is 0 Å². The first-order valence-electron chi connectivity index (χ1n) is 4.20. The van der Waals surface area contributed by atoms with Crippen LogP contribution in [0.5, 0.6) is 17.2 Å². The first-order valence-corrected chi connectivity index (χ1v) is 4.20. The predicted molar refractivity (Wildman–Crippen MR) is 53.8 cm³/mol. The lowest BCUT2D eigenvalue weighted by Gasteiger charge is -2.04. The van der Waals surface area contributed by atoms with Gasteiger partial charge in [0.25, 0.3) is 0 Å². The average molecular weight is 190 g/mol. The summed E-state index contributed by atoms with van der Waals surface area (Å²) in [5.41, 5.74) is 0. The van der Waals surface area contributed by atoms with E-state index in [0.29, 0.717) is 0 Å². The molecule has 0 spiro atoms. The molecule has 0 aromatic heterocycles. The number of hydrogen-bond donors (Lipinski definition) is 2. The molecule has 2 rings (SSSR count). The SMILES string of the molecule is COc1ccc2cc(O)c(O)cc2c1. The molecule has 14 heavy (non-hydrogen) atoms. The van der Waals surface area contributed by atoms with Crippen LogP contribution in [0.25, 0.3) is 10.8 Å². The van der Waals surface area contributed by atoms with Crippen molar-refractivity contribution < 1.29 is 14.9 Å². The van der Waals surface area contributed by atoms with Crippen molar-refractivity contribution >= 4 is 10.8 Å². The van der Waals surface area contributed by atoms with Crippen LogP contribution in [0.15, 0.2) is 30.3 Å². The second kappa shape index (κ2) is 3.10. The van der Waals surface area contributed by atoms with E-state index in [1.165, 1.54) is 12.1 Å². The summed E-state index contributed by atoms with van der Waals surface area (Å²) < 4.78 is 5.05. The Bertz CT molecular complexity index is 477. The highest BCUT2D eigenvalue weighted by molar-refractivity contribution is 5.87. The van der Waals surface area contributed by atoms with E-state index in [-0.39, 0.29) is 11.5 Å². The summed E-state index contributed by atoms with van der Waals surface area (Å²) in [4.78, 5) is 0. The van der Waals surface area contributed by atoms with Crippen molar-refractivity contribution in [2.75, 3.05) is 7.11 Å². The molecule has 0 unspecified atom stereocenters. The van der Waals surface area contributed by atoms with Gasteiger partial charge in [-0.3, -0.25) is 0 Å². The number of phenols is 2. The van der Waals surface area contributed by atoms with Crippen molar-refractivity contribution in [2.24, 2.45) is 0 Å². The van der Waals surface area contributed by atoms with Crippen LogP contribution in [-0.2, 0) is 0 Å². The molecule has 2 aromatic carbocycles. The van der Waals surface area contributed by atoms with Crippen molar-refractivity contribution in [1.82, 2.24) is 0 Å². The molecule has 0 aliphatic rings. The number of benzene rings is 2. The maximum absolute atomic E-state index is 9.29. The number of methoxy groups -OCH3 is 1. The minimum Gasteiger partial charge on any atom is -0.504 e. The van der Waals surface area contributed by atoms with Gasteiger partial charge in [0, 0.05) is 0 Å². The Morgan fingerprint density at radius 1 is 0.929 bits per heavy atom. The molecule has 0 aliphatic carbocycles. The van der Waals surface area contributed by atoms with Gasteiger partial charge in [-0.25, -0.2) is 0 Å². The van der Waals surface area contributed by atoms with Crippen molar-refractivity contribution in [2.45, 2.75) is 0 Å². The third kappa shape index (κ3) is 1.33. The fourth-order valence-corrected chi connectivity index (χ4v) is 1.38. The van der Waals surface area contributed by atoms with E-state index in [9.17, 15) is 10.2 Å². The van der Waals surface area contributed by atoms with Crippen LogP contribution in [0.1, 0.15) is 0 Å². The Morgan fingerprint density at radius 3 is 2.21 bits per heavy atom. The van der Waals surface area contributed by atoms with Crippen molar-refractivity contribution in [3.05, 3.63) is 30.3 Å². The standard InChI is InChI=1S/C11H10O3/c1-14-9-3-2-7-5-10(12)11(13)6-8(7)4-9/h2-6,12-13H,1H3. The summed E-state index contributed by atoms with van der Waals surface area (Å²) in [6.45, 7) is 0. The van der Waals surface area contributed by atoms with E-state index >= 15 is 0 Å². The van der Waals surface area contributed by atoms with Crippen molar-refractivity contribution in [3.63, 3.8) is 0 Å². The number of ether oxygens (including phenoxy) is 1. The summed E-state index contributed by atoms with van der Waals surface area (Å²) in [6.07, 6.45) is 0. The maximum atomic E-state index is 9.29. The number of fused-ring (bicyclic) bond motifs is 1. The molecule has 0 saturated carbocycles. The van der Waals surface area contributed by atoms with Crippen molar-refractivity contribution in [3.8, 4) is 17.2 Å². The van der Waals surface area contributed by atoms with Crippen LogP contribution in [0.4, 0.5) is 0 Å². The van der Waals surface area contributed by atoms with E-state index in [4.69, 9.17) is 4.74 Å². The number of phenolic OH excluding ortho intramolecular Hbond substituents is 2. The predicted octanol–water partition coefficient (Wildman–Crippen LogP) is 2.26. The van der Waals surface area contributed by atoms with Gasteiger partial charge in [-0.05, 0) is 35.0 Å². The first kappa shape index (κ1) is 8.69. The molecule has 3 nitrogen and oxygen atoms in total. The Kier molecular flexibility index (Phi) is 1.93. The summed E-state index contributed by atoms with van der Waals surface area (Å²) in [7, 11) is 1.58. The Morgan fingerprint density at radius 2 is 1.57 bits per heavy atom. The van der Waals surface area contributed by atoms with Gasteiger partial charge in [0.2, 0.25) is 0 Å². The Hall–Kier alpha value is -1.90. The topological polar surface area (TPSA) is 49.7 Å². The zero-order valence-electron chi connectivity index (χ0n) is 7.69. The number of rotatable bonds is 1. The van der Waals surface area contributed by atoms with Crippen molar-refractivity contribution in [1.29, 1.82) is 0 Å². The molecular formula is C11H10O3. The van der Waals surface area contributed by atoms with E-state index in [2.05, 4.69) is 0 Å². The monoisotopic (exact) mass is 190 g/mol. The van der Waals surface area contributed by atoms with Gasteiger partial charge >= 0.3 is 0 Å². The van der Waals surface area contributed by atoms with E-state index in [1.54, 1.807) is 19.2 Å². The van der Waals surface area contributed by atoms with Gasteiger partial charge in [-0.2, -0.15) is 0 Å². The first-order chi connectivity index (χ1) is 6.70. The summed E-state index contributed by atoms with van der Waals surface area (Å²) in [5, 5.41) is 20.2. The highest BCUT2D eigenvalue weighted by Gasteiger charge is 2.02. The van der Waals surface area contributed by atoms with Gasteiger partial charge < -0.3 is 14.9 Å². The van der Waals surface area contributed by atoms with E-state index in [0.717, 1.165) is 16.5 Å². The lowest BCUT2D eigenvalue weighted by molar-refractivity contribution is 0.404. The van der Waals surface area contributed by atoms with Gasteiger partial charge in [-0.15, -0.1) is 0 Å².